The number of hydrogen-bond donors (Lipinski definition) is 1. The van der Waals surface area contributed by atoms with E-state index in [1.165, 1.54) is 32.1 Å². The zero-order valence-corrected chi connectivity index (χ0v) is 14.2. The van der Waals surface area contributed by atoms with Crippen molar-refractivity contribution < 1.29 is 0 Å². The van der Waals surface area contributed by atoms with Crippen molar-refractivity contribution in [3.05, 3.63) is 36.5 Å². The van der Waals surface area contributed by atoms with Gasteiger partial charge in [0.15, 0.2) is 0 Å². The molecule has 1 heteroatoms. The molecule has 118 valence electrons. The molecule has 4 atom stereocenters. The van der Waals surface area contributed by atoms with Crippen molar-refractivity contribution in [3.8, 4) is 0 Å². The normalized spacial score (nSPS) is 32.3. The lowest BCUT2D eigenvalue weighted by molar-refractivity contribution is 0.179. The van der Waals surface area contributed by atoms with Crippen molar-refractivity contribution in [2.75, 3.05) is 6.54 Å². The average Bonchev–Trinajstić information content (AvgIpc) is 2.48. The Hall–Kier alpha value is -0.820. The number of allylic oxidation sites excluding steroid dienone is 2. The van der Waals surface area contributed by atoms with Gasteiger partial charge in [0.25, 0.3) is 0 Å². The summed E-state index contributed by atoms with van der Waals surface area (Å²) in [5.74, 6) is 1.35. The van der Waals surface area contributed by atoms with Crippen molar-refractivity contribution in [1.82, 2.24) is 5.32 Å². The summed E-state index contributed by atoms with van der Waals surface area (Å²) in [6.07, 6.45) is 17.0. The average molecular weight is 287 g/mol. The minimum absolute atomic E-state index is 0.359. The van der Waals surface area contributed by atoms with Gasteiger partial charge in [-0.05, 0) is 56.3 Å². The second kappa shape index (κ2) is 7.45. The fourth-order valence-corrected chi connectivity index (χ4v) is 4.40. The molecule has 0 aromatic rings. The Labute approximate surface area is 131 Å². The first-order valence-corrected chi connectivity index (χ1v) is 8.80. The van der Waals surface area contributed by atoms with Crippen LogP contribution in [0.15, 0.2) is 36.5 Å². The summed E-state index contributed by atoms with van der Waals surface area (Å²) in [5, 5.41) is 3.83. The SMILES string of the molecule is C=CC[C@](C)(CCC)[C@H]1CNC(C2C=CCCC2)C=C1C. The molecular formula is C20H33N. The molecule has 0 fully saturated rings. The fraction of sp³-hybridized carbons (Fsp3) is 0.700. The first-order chi connectivity index (χ1) is 10.1. The number of rotatable bonds is 6. The first-order valence-electron chi connectivity index (χ1n) is 8.80. The highest BCUT2D eigenvalue weighted by Gasteiger charge is 2.36. The monoisotopic (exact) mass is 287 g/mol. The standard InChI is InChI=1S/C20H33N/c1-5-12-20(4,13-6-2)18-15-21-19(14-16(18)3)17-10-8-7-9-11-17/h5,8,10,14,17-19,21H,1,6-7,9,11-13,15H2,2-4H3/t17?,18-,19?,20+/m0/s1. The smallest absolute Gasteiger partial charge is 0.0315 e. The molecule has 21 heavy (non-hydrogen) atoms. The van der Waals surface area contributed by atoms with E-state index in [-0.39, 0.29) is 0 Å². The van der Waals surface area contributed by atoms with Gasteiger partial charge in [0, 0.05) is 12.6 Å². The van der Waals surface area contributed by atoms with E-state index >= 15 is 0 Å². The first kappa shape index (κ1) is 16.5. The molecule has 0 amide bonds. The van der Waals surface area contributed by atoms with Crippen molar-refractivity contribution >= 4 is 0 Å². The van der Waals surface area contributed by atoms with Crippen LogP contribution in [0.5, 0.6) is 0 Å². The molecular weight excluding hydrogens is 254 g/mol. The molecule has 1 aliphatic heterocycles. The summed E-state index contributed by atoms with van der Waals surface area (Å²) >= 11 is 0. The molecule has 0 saturated carbocycles. The summed E-state index contributed by atoms with van der Waals surface area (Å²) in [5.41, 5.74) is 1.95. The second-order valence-corrected chi connectivity index (χ2v) is 7.32. The van der Waals surface area contributed by atoms with E-state index in [1.807, 2.05) is 0 Å². The summed E-state index contributed by atoms with van der Waals surface area (Å²) < 4.78 is 0. The number of hydrogen-bond acceptors (Lipinski definition) is 1. The van der Waals surface area contributed by atoms with E-state index in [1.54, 1.807) is 5.57 Å². The minimum Gasteiger partial charge on any atom is -0.309 e. The van der Waals surface area contributed by atoms with Gasteiger partial charge < -0.3 is 5.32 Å². The topological polar surface area (TPSA) is 12.0 Å². The van der Waals surface area contributed by atoms with Crippen LogP contribution < -0.4 is 5.32 Å². The highest BCUT2D eigenvalue weighted by Crippen LogP contribution is 2.42. The van der Waals surface area contributed by atoms with Gasteiger partial charge in [0.2, 0.25) is 0 Å². The molecule has 2 rings (SSSR count). The van der Waals surface area contributed by atoms with Crippen molar-refractivity contribution in [2.24, 2.45) is 17.3 Å². The van der Waals surface area contributed by atoms with Crippen LogP contribution in [0.1, 0.15) is 59.3 Å². The minimum atomic E-state index is 0.359. The van der Waals surface area contributed by atoms with E-state index in [0.717, 1.165) is 13.0 Å². The lowest BCUT2D eigenvalue weighted by Crippen LogP contribution is -2.46. The maximum Gasteiger partial charge on any atom is 0.0315 e. The number of nitrogens with one attached hydrogen (secondary N) is 1. The molecule has 0 radical (unpaired) electrons. The van der Waals surface area contributed by atoms with Gasteiger partial charge in [-0.2, -0.15) is 0 Å². The predicted molar refractivity (Wildman–Crippen MR) is 93.3 cm³/mol. The van der Waals surface area contributed by atoms with Gasteiger partial charge in [0.05, 0.1) is 0 Å². The van der Waals surface area contributed by atoms with Crippen molar-refractivity contribution in [1.29, 1.82) is 0 Å². The summed E-state index contributed by atoms with van der Waals surface area (Å²) in [6.45, 7) is 12.2. The third-order valence-electron chi connectivity index (χ3n) is 5.58. The van der Waals surface area contributed by atoms with Crippen LogP contribution in [0.25, 0.3) is 0 Å². The second-order valence-electron chi connectivity index (χ2n) is 7.32. The van der Waals surface area contributed by atoms with E-state index in [2.05, 4.69) is 57.0 Å². The molecule has 0 aromatic heterocycles. The Bertz CT molecular complexity index is 406. The van der Waals surface area contributed by atoms with E-state index in [9.17, 15) is 0 Å². The third-order valence-corrected chi connectivity index (χ3v) is 5.58. The molecule has 2 aliphatic rings. The molecule has 0 saturated heterocycles. The van der Waals surface area contributed by atoms with Crippen LogP contribution in [0.3, 0.4) is 0 Å². The van der Waals surface area contributed by atoms with Gasteiger partial charge in [-0.25, -0.2) is 0 Å². The Morgan fingerprint density at radius 2 is 2.29 bits per heavy atom. The van der Waals surface area contributed by atoms with Crippen molar-refractivity contribution in [2.45, 2.75) is 65.3 Å². The molecule has 0 bridgehead atoms. The lowest BCUT2D eigenvalue weighted by Gasteiger charge is -2.43. The molecule has 0 aromatic carbocycles. The highest BCUT2D eigenvalue weighted by molar-refractivity contribution is 5.19. The zero-order valence-electron chi connectivity index (χ0n) is 14.2. The molecule has 1 aliphatic carbocycles. The highest BCUT2D eigenvalue weighted by atomic mass is 14.9. The van der Waals surface area contributed by atoms with Gasteiger partial charge in [-0.1, -0.05) is 50.1 Å². The van der Waals surface area contributed by atoms with Gasteiger partial charge in [-0.3, -0.25) is 0 Å². The Kier molecular flexibility index (Phi) is 5.87. The predicted octanol–water partition coefficient (Wildman–Crippen LogP) is 5.26. The van der Waals surface area contributed by atoms with Crippen LogP contribution in [0.2, 0.25) is 0 Å². The molecule has 1 heterocycles. The van der Waals surface area contributed by atoms with Crippen LogP contribution in [0, 0.1) is 17.3 Å². The largest absolute Gasteiger partial charge is 0.309 e. The molecule has 0 spiro atoms. The van der Waals surface area contributed by atoms with Crippen LogP contribution in [-0.2, 0) is 0 Å². The van der Waals surface area contributed by atoms with Gasteiger partial charge in [-0.15, -0.1) is 6.58 Å². The molecule has 1 N–H and O–H groups in total. The van der Waals surface area contributed by atoms with Gasteiger partial charge in [0.1, 0.15) is 0 Å². The Morgan fingerprint density at radius 3 is 2.86 bits per heavy atom. The van der Waals surface area contributed by atoms with E-state index in [0.29, 0.717) is 23.3 Å². The molecule has 2 unspecified atom stereocenters. The summed E-state index contributed by atoms with van der Waals surface area (Å²) in [4.78, 5) is 0. The Balaban J connectivity index is 2.12. The maximum absolute atomic E-state index is 3.99. The van der Waals surface area contributed by atoms with Crippen molar-refractivity contribution in [3.63, 3.8) is 0 Å². The summed E-state index contributed by atoms with van der Waals surface area (Å²) in [7, 11) is 0. The quantitative estimate of drug-likeness (QED) is 0.657. The molecule has 1 nitrogen and oxygen atoms in total. The third kappa shape index (κ3) is 3.88. The zero-order chi connectivity index (χ0) is 15.3. The summed E-state index contributed by atoms with van der Waals surface area (Å²) in [6, 6.07) is 0.549. The van der Waals surface area contributed by atoms with E-state index < -0.39 is 0 Å². The maximum atomic E-state index is 3.99. The van der Waals surface area contributed by atoms with Gasteiger partial charge >= 0.3 is 0 Å². The van der Waals surface area contributed by atoms with Crippen LogP contribution in [0.4, 0.5) is 0 Å². The van der Waals surface area contributed by atoms with E-state index in [4.69, 9.17) is 0 Å². The van der Waals surface area contributed by atoms with Crippen LogP contribution in [-0.4, -0.2) is 12.6 Å². The Morgan fingerprint density at radius 1 is 1.48 bits per heavy atom. The fourth-order valence-electron chi connectivity index (χ4n) is 4.40. The lowest BCUT2D eigenvalue weighted by atomic mass is 9.67. The van der Waals surface area contributed by atoms with Crippen LogP contribution >= 0.6 is 0 Å².